The Morgan fingerprint density at radius 3 is 2.32 bits per heavy atom. The van der Waals surface area contributed by atoms with Crippen molar-refractivity contribution in [1.82, 2.24) is 5.32 Å². The van der Waals surface area contributed by atoms with E-state index in [0.717, 1.165) is 12.1 Å². The molecule has 0 aliphatic rings. The summed E-state index contributed by atoms with van der Waals surface area (Å²) in [5.41, 5.74) is -0.952. The van der Waals surface area contributed by atoms with Crippen LogP contribution in [-0.4, -0.2) is 11.7 Å². The normalized spacial score (nSPS) is 12.7. The fourth-order valence-electron chi connectivity index (χ4n) is 1.49. The maximum atomic E-state index is 13.6. The summed E-state index contributed by atoms with van der Waals surface area (Å²) in [7, 11) is 0. The molecular formula is C14H17F2NO2. The van der Waals surface area contributed by atoms with Crippen molar-refractivity contribution in [3.8, 4) is 0 Å². The number of nitrogens with one attached hydrogen (secondary N) is 1. The molecule has 0 bridgehead atoms. The molecule has 5 heteroatoms. The van der Waals surface area contributed by atoms with Crippen LogP contribution in [0.4, 0.5) is 13.6 Å². The summed E-state index contributed by atoms with van der Waals surface area (Å²) in [5, 5.41) is 2.36. The molecule has 0 aliphatic heterocycles. The molecule has 1 amide bonds. The van der Waals surface area contributed by atoms with Gasteiger partial charge in [-0.1, -0.05) is 12.1 Å². The first-order valence-electron chi connectivity index (χ1n) is 5.80. The van der Waals surface area contributed by atoms with Crippen LogP contribution in [0, 0.1) is 11.6 Å². The van der Waals surface area contributed by atoms with Crippen molar-refractivity contribution in [2.75, 3.05) is 0 Å². The number of carbonyl (C=O) groups is 1. The first-order valence-corrected chi connectivity index (χ1v) is 5.80. The van der Waals surface area contributed by atoms with Crippen LogP contribution >= 0.6 is 0 Å². The minimum absolute atomic E-state index is 0.261. The Hall–Kier alpha value is -1.91. The van der Waals surface area contributed by atoms with Crippen LogP contribution in [0.2, 0.25) is 0 Å². The van der Waals surface area contributed by atoms with Crippen molar-refractivity contribution in [1.29, 1.82) is 0 Å². The van der Waals surface area contributed by atoms with Gasteiger partial charge in [0.15, 0.2) is 0 Å². The Labute approximate surface area is 111 Å². The smallest absolute Gasteiger partial charge is 0.408 e. The van der Waals surface area contributed by atoms with Crippen molar-refractivity contribution in [2.24, 2.45) is 0 Å². The minimum Gasteiger partial charge on any atom is -0.444 e. The summed E-state index contributed by atoms with van der Waals surface area (Å²) in [6, 6.07) is 2.50. The number of ether oxygens (including phenoxy) is 1. The van der Waals surface area contributed by atoms with Gasteiger partial charge >= 0.3 is 6.09 Å². The second-order valence-electron chi connectivity index (χ2n) is 4.99. The molecular weight excluding hydrogens is 252 g/mol. The van der Waals surface area contributed by atoms with E-state index in [1.54, 1.807) is 20.8 Å². The summed E-state index contributed by atoms with van der Waals surface area (Å²) in [6.45, 7) is 8.55. The van der Waals surface area contributed by atoms with Crippen LogP contribution in [0.5, 0.6) is 0 Å². The van der Waals surface area contributed by atoms with Crippen LogP contribution in [-0.2, 0) is 4.74 Å². The highest BCUT2D eigenvalue weighted by atomic mass is 19.1. The molecule has 1 rings (SSSR count). The highest BCUT2D eigenvalue weighted by molar-refractivity contribution is 5.68. The molecule has 0 aliphatic carbocycles. The molecule has 1 atom stereocenters. The molecule has 1 aromatic rings. The van der Waals surface area contributed by atoms with E-state index < -0.39 is 29.4 Å². The molecule has 0 aromatic heterocycles. The second-order valence-corrected chi connectivity index (χ2v) is 4.99. The Kier molecular flexibility index (Phi) is 4.64. The Bertz CT molecular complexity index is 461. The van der Waals surface area contributed by atoms with E-state index in [9.17, 15) is 13.6 Å². The highest BCUT2D eigenvalue weighted by Crippen LogP contribution is 2.22. The quantitative estimate of drug-likeness (QED) is 0.849. The number of halogens is 2. The Morgan fingerprint density at radius 1 is 1.37 bits per heavy atom. The van der Waals surface area contributed by atoms with Gasteiger partial charge in [-0.2, -0.15) is 0 Å². The van der Waals surface area contributed by atoms with Gasteiger partial charge in [-0.25, -0.2) is 13.6 Å². The lowest BCUT2D eigenvalue weighted by Gasteiger charge is -2.22. The lowest BCUT2D eigenvalue weighted by Crippen LogP contribution is -2.34. The van der Waals surface area contributed by atoms with Gasteiger partial charge in [0.1, 0.15) is 17.2 Å². The molecule has 0 fully saturated rings. The van der Waals surface area contributed by atoms with E-state index in [2.05, 4.69) is 11.9 Å². The third kappa shape index (κ3) is 4.35. The van der Waals surface area contributed by atoms with Gasteiger partial charge < -0.3 is 10.1 Å². The molecule has 1 N–H and O–H groups in total. The zero-order valence-corrected chi connectivity index (χ0v) is 11.2. The highest BCUT2D eigenvalue weighted by Gasteiger charge is 2.22. The van der Waals surface area contributed by atoms with Gasteiger partial charge in [-0.05, 0) is 32.9 Å². The van der Waals surface area contributed by atoms with Gasteiger partial charge in [-0.15, -0.1) is 6.58 Å². The van der Waals surface area contributed by atoms with E-state index in [1.165, 1.54) is 12.1 Å². The first kappa shape index (κ1) is 15.1. The second kappa shape index (κ2) is 5.82. The van der Waals surface area contributed by atoms with Gasteiger partial charge in [0.25, 0.3) is 0 Å². The molecule has 19 heavy (non-hydrogen) atoms. The van der Waals surface area contributed by atoms with Crippen molar-refractivity contribution in [3.63, 3.8) is 0 Å². The fourth-order valence-corrected chi connectivity index (χ4v) is 1.49. The molecule has 0 unspecified atom stereocenters. The summed E-state index contributed by atoms with van der Waals surface area (Å²) >= 11 is 0. The Morgan fingerprint density at radius 2 is 1.89 bits per heavy atom. The van der Waals surface area contributed by atoms with Crippen LogP contribution in [0.25, 0.3) is 0 Å². The van der Waals surface area contributed by atoms with Crippen LogP contribution in [0.1, 0.15) is 32.4 Å². The average molecular weight is 269 g/mol. The van der Waals surface area contributed by atoms with Crippen molar-refractivity contribution in [2.45, 2.75) is 32.4 Å². The molecule has 0 saturated carbocycles. The predicted octanol–water partition coefficient (Wildman–Crippen LogP) is 3.72. The summed E-state index contributed by atoms with van der Waals surface area (Å²) in [6.07, 6.45) is 0.478. The van der Waals surface area contributed by atoms with Crippen LogP contribution < -0.4 is 5.32 Å². The topological polar surface area (TPSA) is 38.3 Å². The third-order valence-corrected chi connectivity index (χ3v) is 2.22. The fraction of sp³-hybridized carbons (Fsp3) is 0.357. The number of hydrogen-bond acceptors (Lipinski definition) is 2. The summed E-state index contributed by atoms with van der Waals surface area (Å²) in [5.74, 6) is -1.50. The molecule has 3 nitrogen and oxygen atoms in total. The molecule has 0 heterocycles. The van der Waals surface area contributed by atoms with Crippen molar-refractivity contribution >= 4 is 6.09 Å². The lowest BCUT2D eigenvalue weighted by atomic mass is 10.1. The van der Waals surface area contributed by atoms with Crippen LogP contribution in [0.15, 0.2) is 30.9 Å². The van der Waals surface area contributed by atoms with E-state index in [4.69, 9.17) is 4.74 Å². The number of hydrogen-bond donors (Lipinski definition) is 1. The summed E-state index contributed by atoms with van der Waals surface area (Å²) < 4.78 is 32.2. The number of alkyl carbamates (subject to hydrolysis) is 1. The lowest BCUT2D eigenvalue weighted by molar-refractivity contribution is 0.0513. The maximum Gasteiger partial charge on any atom is 0.408 e. The molecule has 0 saturated heterocycles. The molecule has 0 spiro atoms. The van der Waals surface area contributed by atoms with E-state index in [0.29, 0.717) is 0 Å². The van der Waals surface area contributed by atoms with Crippen molar-refractivity contribution in [3.05, 3.63) is 48.1 Å². The molecule has 104 valence electrons. The van der Waals surface area contributed by atoms with Gasteiger partial charge in [0, 0.05) is 5.56 Å². The number of benzene rings is 1. The maximum absolute atomic E-state index is 13.6. The zero-order valence-electron chi connectivity index (χ0n) is 11.2. The number of rotatable bonds is 3. The monoisotopic (exact) mass is 269 g/mol. The van der Waals surface area contributed by atoms with Gasteiger partial charge in [0.05, 0.1) is 6.04 Å². The first-order chi connectivity index (χ1) is 8.74. The molecule has 0 radical (unpaired) electrons. The van der Waals surface area contributed by atoms with Gasteiger partial charge in [-0.3, -0.25) is 0 Å². The number of amides is 1. The van der Waals surface area contributed by atoms with Crippen LogP contribution in [0.3, 0.4) is 0 Å². The third-order valence-electron chi connectivity index (χ3n) is 2.22. The Balaban J connectivity index is 2.91. The standard InChI is InChI=1S/C14H17F2NO2/c1-5-11(17-13(18)19-14(2,3)4)12-9(15)7-6-8-10(12)16/h5-8,11H,1H2,2-4H3,(H,17,18)/t11-/m1/s1. The van der Waals surface area contributed by atoms with Gasteiger partial charge in [0.2, 0.25) is 0 Å². The number of carbonyl (C=O) groups excluding carboxylic acids is 1. The average Bonchev–Trinajstić information content (AvgIpc) is 2.24. The van der Waals surface area contributed by atoms with Crippen molar-refractivity contribution < 1.29 is 18.3 Å². The SMILES string of the molecule is C=C[C@@H](NC(=O)OC(C)(C)C)c1c(F)cccc1F. The largest absolute Gasteiger partial charge is 0.444 e. The predicted molar refractivity (Wildman–Crippen MR) is 68.7 cm³/mol. The zero-order chi connectivity index (χ0) is 14.6. The van der Waals surface area contributed by atoms with E-state index in [1.807, 2.05) is 0 Å². The summed E-state index contributed by atoms with van der Waals surface area (Å²) in [4.78, 5) is 11.6. The minimum atomic E-state index is -0.990. The molecule has 1 aromatic carbocycles. The van der Waals surface area contributed by atoms with E-state index in [-0.39, 0.29) is 5.56 Å². The van der Waals surface area contributed by atoms with E-state index >= 15 is 0 Å².